The summed E-state index contributed by atoms with van der Waals surface area (Å²) in [5.41, 5.74) is 0.850. The highest BCUT2D eigenvalue weighted by atomic mass is 16.5. The van der Waals surface area contributed by atoms with Crippen molar-refractivity contribution >= 4 is 5.91 Å². The fourth-order valence-electron chi connectivity index (χ4n) is 2.49. The molecule has 0 unspecified atom stereocenters. The van der Waals surface area contributed by atoms with Crippen LogP contribution in [0.25, 0.3) is 0 Å². The second kappa shape index (κ2) is 9.66. The van der Waals surface area contributed by atoms with Crippen molar-refractivity contribution in [3.63, 3.8) is 0 Å². The number of carbonyl (C=O) groups is 1. The van der Waals surface area contributed by atoms with Crippen LogP contribution in [0.15, 0.2) is 12.1 Å². The van der Waals surface area contributed by atoms with Gasteiger partial charge in [0.05, 0.1) is 27.4 Å². The highest BCUT2D eigenvalue weighted by Gasteiger charge is 2.18. The van der Waals surface area contributed by atoms with Crippen molar-refractivity contribution in [1.29, 1.82) is 5.26 Å². The summed E-state index contributed by atoms with van der Waals surface area (Å²) in [6.07, 6.45) is 1.39. The number of hydrogen-bond donors (Lipinski definition) is 1. The zero-order chi connectivity index (χ0) is 18.1. The Labute approximate surface area is 143 Å². The highest BCUT2D eigenvalue weighted by molar-refractivity contribution is 5.77. The second-order valence-electron chi connectivity index (χ2n) is 5.87. The number of nitrogens with zero attached hydrogens (tertiary/aromatic N) is 1. The van der Waals surface area contributed by atoms with Gasteiger partial charge in [0, 0.05) is 6.42 Å². The Morgan fingerprint density at radius 2 is 1.83 bits per heavy atom. The summed E-state index contributed by atoms with van der Waals surface area (Å²) in [5.74, 6) is 1.83. The maximum atomic E-state index is 12.1. The summed E-state index contributed by atoms with van der Waals surface area (Å²) in [5, 5.41) is 11.9. The van der Waals surface area contributed by atoms with Crippen molar-refractivity contribution in [2.75, 3.05) is 21.3 Å². The molecule has 0 aliphatic heterocycles. The van der Waals surface area contributed by atoms with Crippen molar-refractivity contribution in [2.45, 2.75) is 39.2 Å². The first-order valence-electron chi connectivity index (χ1n) is 7.93. The van der Waals surface area contributed by atoms with E-state index in [0.29, 0.717) is 36.0 Å². The van der Waals surface area contributed by atoms with Gasteiger partial charge in [-0.1, -0.05) is 19.9 Å². The number of nitrogens with one attached hydrogen (secondary N) is 1. The molecule has 1 atom stereocenters. The number of ether oxygens (including phenoxy) is 3. The predicted octanol–water partition coefficient (Wildman–Crippen LogP) is 2.70. The number of methoxy groups -OCH3 is 3. The van der Waals surface area contributed by atoms with E-state index in [1.54, 1.807) is 27.4 Å². The van der Waals surface area contributed by atoms with Gasteiger partial charge in [0.15, 0.2) is 11.5 Å². The van der Waals surface area contributed by atoms with E-state index in [9.17, 15) is 4.79 Å². The number of nitriles is 1. The lowest BCUT2D eigenvalue weighted by Crippen LogP contribution is -2.34. The van der Waals surface area contributed by atoms with Crippen molar-refractivity contribution in [1.82, 2.24) is 5.32 Å². The number of carbonyl (C=O) groups excluding carboxylic acids is 1. The standard InChI is InChI=1S/C18H26N2O4/c1-12(2)10-14(11-19)20-16(21)9-7-13-6-8-15(22-3)18(24-5)17(13)23-4/h6,8,12,14H,7,9-10H2,1-5H3,(H,20,21)/t14-/m1/s1. The van der Waals surface area contributed by atoms with E-state index in [1.165, 1.54) is 0 Å². The minimum atomic E-state index is -0.454. The molecule has 132 valence electrons. The Kier molecular flexibility index (Phi) is 7.90. The van der Waals surface area contributed by atoms with Crippen LogP contribution in [-0.4, -0.2) is 33.3 Å². The van der Waals surface area contributed by atoms with Gasteiger partial charge < -0.3 is 19.5 Å². The zero-order valence-corrected chi connectivity index (χ0v) is 15.0. The molecule has 0 bridgehead atoms. The van der Waals surface area contributed by atoms with Crippen LogP contribution in [0.5, 0.6) is 17.2 Å². The Bertz CT molecular complexity index is 593. The SMILES string of the molecule is COc1ccc(CCC(=O)N[C@@H](C#N)CC(C)C)c(OC)c1OC. The molecular weight excluding hydrogens is 308 g/mol. The molecule has 0 aliphatic carbocycles. The van der Waals surface area contributed by atoms with Crippen LogP contribution >= 0.6 is 0 Å². The third-order valence-electron chi connectivity index (χ3n) is 3.61. The maximum Gasteiger partial charge on any atom is 0.221 e. The molecule has 0 radical (unpaired) electrons. The van der Waals surface area contributed by atoms with Crippen molar-refractivity contribution < 1.29 is 19.0 Å². The Balaban J connectivity index is 2.77. The quantitative estimate of drug-likeness (QED) is 0.751. The Morgan fingerprint density at radius 1 is 1.17 bits per heavy atom. The van der Waals surface area contributed by atoms with Crippen LogP contribution in [0.4, 0.5) is 0 Å². The fourth-order valence-corrected chi connectivity index (χ4v) is 2.49. The first-order chi connectivity index (χ1) is 11.5. The van der Waals surface area contributed by atoms with E-state index in [-0.39, 0.29) is 12.3 Å². The maximum absolute atomic E-state index is 12.1. The van der Waals surface area contributed by atoms with E-state index in [1.807, 2.05) is 19.9 Å². The first kappa shape index (κ1) is 19.6. The minimum Gasteiger partial charge on any atom is -0.493 e. The molecule has 6 heteroatoms. The van der Waals surface area contributed by atoms with Crippen LogP contribution < -0.4 is 19.5 Å². The molecule has 0 heterocycles. The molecule has 1 rings (SSSR count). The topological polar surface area (TPSA) is 80.6 Å². The van der Waals surface area contributed by atoms with Gasteiger partial charge >= 0.3 is 0 Å². The number of rotatable bonds is 9. The molecule has 6 nitrogen and oxygen atoms in total. The van der Waals surface area contributed by atoms with Gasteiger partial charge in [0.25, 0.3) is 0 Å². The summed E-state index contributed by atoms with van der Waals surface area (Å²) < 4.78 is 16.0. The van der Waals surface area contributed by atoms with Gasteiger partial charge in [0.1, 0.15) is 6.04 Å². The summed E-state index contributed by atoms with van der Waals surface area (Å²) >= 11 is 0. The van der Waals surface area contributed by atoms with Crippen LogP contribution in [0.3, 0.4) is 0 Å². The molecule has 0 fully saturated rings. The summed E-state index contributed by atoms with van der Waals surface area (Å²) in [6, 6.07) is 5.31. The molecule has 1 amide bonds. The van der Waals surface area contributed by atoms with Gasteiger partial charge in [-0.25, -0.2) is 0 Å². The van der Waals surface area contributed by atoms with Gasteiger partial charge in [-0.15, -0.1) is 0 Å². The van der Waals surface area contributed by atoms with Gasteiger partial charge in [-0.2, -0.15) is 5.26 Å². The zero-order valence-electron chi connectivity index (χ0n) is 15.0. The number of amides is 1. The third kappa shape index (κ3) is 5.34. The van der Waals surface area contributed by atoms with Gasteiger partial charge in [0.2, 0.25) is 11.7 Å². The summed E-state index contributed by atoms with van der Waals surface area (Å²) in [6.45, 7) is 4.04. The first-order valence-corrected chi connectivity index (χ1v) is 7.93. The third-order valence-corrected chi connectivity index (χ3v) is 3.61. The number of aryl methyl sites for hydroxylation is 1. The number of hydrogen-bond acceptors (Lipinski definition) is 5. The van der Waals surface area contributed by atoms with E-state index in [4.69, 9.17) is 19.5 Å². The molecular formula is C18H26N2O4. The lowest BCUT2D eigenvalue weighted by atomic mass is 10.0. The second-order valence-corrected chi connectivity index (χ2v) is 5.87. The van der Waals surface area contributed by atoms with E-state index in [2.05, 4.69) is 11.4 Å². The van der Waals surface area contributed by atoms with Gasteiger partial charge in [-0.05, 0) is 30.4 Å². The highest BCUT2D eigenvalue weighted by Crippen LogP contribution is 2.40. The lowest BCUT2D eigenvalue weighted by molar-refractivity contribution is -0.121. The Hall–Kier alpha value is -2.42. The Morgan fingerprint density at radius 3 is 2.33 bits per heavy atom. The van der Waals surface area contributed by atoms with Crippen molar-refractivity contribution in [3.05, 3.63) is 17.7 Å². The van der Waals surface area contributed by atoms with E-state index >= 15 is 0 Å². The van der Waals surface area contributed by atoms with E-state index in [0.717, 1.165) is 5.56 Å². The molecule has 24 heavy (non-hydrogen) atoms. The smallest absolute Gasteiger partial charge is 0.221 e. The molecule has 0 saturated heterocycles. The molecule has 0 aliphatic rings. The largest absolute Gasteiger partial charge is 0.493 e. The summed E-state index contributed by atoms with van der Waals surface area (Å²) in [4.78, 5) is 12.1. The molecule has 1 aromatic carbocycles. The van der Waals surface area contributed by atoms with Crippen molar-refractivity contribution in [3.8, 4) is 23.3 Å². The molecule has 0 saturated carbocycles. The minimum absolute atomic E-state index is 0.154. The van der Waals surface area contributed by atoms with Crippen LogP contribution in [0.2, 0.25) is 0 Å². The molecule has 0 aromatic heterocycles. The molecule has 1 N–H and O–H groups in total. The predicted molar refractivity (Wildman–Crippen MR) is 91.4 cm³/mol. The average molecular weight is 334 g/mol. The van der Waals surface area contributed by atoms with Crippen LogP contribution in [-0.2, 0) is 11.2 Å². The average Bonchev–Trinajstić information content (AvgIpc) is 2.57. The monoisotopic (exact) mass is 334 g/mol. The molecule has 0 spiro atoms. The van der Waals surface area contributed by atoms with Crippen LogP contribution in [0.1, 0.15) is 32.3 Å². The lowest BCUT2D eigenvalue weighted by Gasteiger charge is -2.16. The van der Waals surface area contributed by atoms with E-state index < -0.39 is 6.04 Å². The van der Waals surface area contributed by atoms with Crippen molar-refractivity contribution in [2.24, 2.45) is 5.92 Å². The molecule has 1 aromatic rings. The van der Waals surface area contributed by atoms with Crippen LogP contribution in [0, 0.1) is 17.2 Å². The normalized spacial score (nSPS) is 11.5. The van der Waals surface area contributed by atoms with Gasteiger partial charge in [-0.3, -0.25) is 4.79 Å². The summed E-state index contributed by atoms with van der Waals surface area (Å²) in [7, 11) is 4.65. The number of benzene rings is 1. The fraction of sp³-hybridized carbons (Fsp3) is 0.556.